The summed E-state index contributed by atoms with van der Waals surface area (Å²) in [7, 11) is -3.50. The zero-order valence-corrected chi connectivity index (χ0v) is 11.6. The molecule has 0 radical (unpaired) electrons. The highest BCUT2D eigenvalue weighted by molar-refractivity contribution is 7.89. The average Bonchev–Trinajstić information content (AvgIpc) is 2.87. The van der Waals surface area contributed by atoms with Crippen LogP contribution in [0.15, 0.2) is 29.2 Å². The molecular weight excluding hydrogens is 266 g/mol. The van der Waals surface area contributed by atoms with Crippen molar-refractivity contribution in [1.29, 1.82) is 0 Å². The molecule has 2 rings (SSSR count). The van der Waals surface area contributed by atoms with Gasteiger partial charge in [0.1, 0.15) is 0 Å². The van der Waals surface area contributed by atoms with Crippen molar-refractivity contribution in [3.63, 3.8) is 0 Å². The van der Waals surface area contributed by atoms with Gasteiger partial charge in [-0.1, -0.05) is 6.92 Å². The number of aromatic carboxylic acids is 1. The second-order valence-electron chi connectivity index (χ2n) is 4.65. The number of carboxylic acids is 1. The molecule has 1 N–H and O–H groups in total. The predicted molar refractivity (Wildman–Crippen MR) is 70.6 cm³/mol. The Morgan fingerprint density at radius 1 is 1.37 bits per heavy atom. The monoisotopic (exact) mass is 283 g/mol. The molecule has 1 heterocycles. The first-order valence-corrected chi connectivity index (χ1v) is 7.76. The molecule has 0 spiro atoms. The lowest BCUT2D eigenvalue weighted by Crippen LogP contribution is -2.35. The first-order chi connectivity index (χ1) is 8.96. The van der Waals surface area contributed by atoms with Gasteiger partial charge in [-0.2, -0.15) is 4.31 Å². The van der Waals surface area contributed by atoms with Gasteiger partial charge in [0, 0.05) is 12.6 Å². The lowest BCUT2D eigenvalue weighted by atomic mass is 10.2. The zero-order valence-electron chi connectivity index (χ0n) is 10.7. The van der Waals surface area contributed by atoms with Crippen molar-refractivity contribution in [2.45, 2.75) is 37.1 Å². The largest absolute Gasteiger partial charge is 0.478 e. The van der Waals surface area contributed by atoms with Crippen molar-refractivity contribution in [2.75, 3.05) is 6.54 Å². The summed E-state index contributed by atoms with van der Waals surface area (Å²) in [6, 6.07) is 5.44. The smallest absolute Gasteiger partial charge is 0.335 e. The zero-order chi connectivity index (χ0) is 14.0. The predicted octanol–water partition coefficient (Wildman–Crippen LogP) is 1.95. The van der Waals surface area contributed by atoms with Crippen LogP contribution in [0.1, 0.15) is 36.5 Å². The number of carbonyl (C=O) groups is 1. The van der Waals surface area contributed by atoms with Gasteiger partial charge in [0.05, 0.1) is 10.5 Å². The Hall–Kier alpha value is -1.40. The second-order valence-corrected chi connectivity index (χ2v) is 6.54. The van der Waals surface area contributed by atoms with Gasteiger partial charge >= 0.3 is 5.97 Å². The summed E-state index contributed by atoms with van der Waals surface area (Å²) in [5.74, 6) is -1.06. The van der Waals surface area contributed by atoms with Gasteiger partial charge in [0.25, 0.3) is 0 Å². The summed E-state index contributed by atoms with van der Waals surface area (Å²) in [4.78, 5) is 10.9. The van der Waals surface area contributed by atoms with Gasteiger partial charge in [-0.25, -0.2) is 13.2 Å². The van der Waals surface area contributed by atoms with Crippen LogP contribution in [0.25, 0.3) is 0 Å². The molecule has 1 unspecified atom stereocenters. The summed E-state index contributed by atoms with van der Waals surface area (Å²) in [6.45, 7) is 2.52. The van der Waals surface area contributed by atoms with E-state index in [0.29, 0.717) is 6.54 Å². The Kier molecular flexibility index (Phi) is 3.91. The third-order valence-electron chi connectivity index (χ3n) is 3.50. The molecular formula is C13H17NO4S. The molecule has 1 saturated heterocycles. The van der Waals surface area contributed by atoms with Gasteiger partial charge in [0.15, 0.2) is 0 Å². The minimum Gasteiger partial charge on any atom is -0.478 e. The molecule has 1 aromatic rings. The van der Waals surface area contributed by atoms with E-state index in [4.69, 9.17) is 5.11 Å². The average molecular weight is 283 g/mol. The molecule has 1 aliphatic rings. The fourth-order valence-corrected chi connectivity index (χ4v) is 4.21. The molecule has 6 heteroatoms. The second kappa shape index (κ2) is 5.30. The highest BCUT2D eigenvalue weighted by Gasteiger charge is 2.34. The fraction of sp³-hybridized carbons (Fsp3) is 0.462. The van der Waals surface area contributed by atoms with Gasteiger partial charge < -0.3 is 5.11 Å². The molecule has 0 amide bonds. The highest BCUT2D eigenvalue weighted by atomic mass is 32.2. The van der Waals surface area contributed by atoms with E-state index in [2.05, 4.69) is 0 Å². The molecule has 0 aliphatic carbocycles. The van der Waals surface area contributed by atoms with Crippen molar-refractivity contribution in [3.8, 4) is 0 Å². The molecule has 1 atom stereocenters. The third-order valence-corrected chi connectivity index (χ3v) is 5.47. The number of carboxylic acid groups (broad SMARTS) is 1. The lowest BCUT2D eigenvalue weighted by molar-refractivity contribution is 0.0696. The number of sulfonamides is 1. The van der Waals surface area contributed by atoms with E-state index in [0.717, 1.165) is 19.3 Å². The summed E-state index contributed by atoms with van der Waals surface area (Å²) >= 11 is 0. The van der Waals surface area contributed by atoms with E-state index in [9.17, 15) is 13.2 Å². The number of hydrogen-bond acceptors (Lipinski definition) is 3. The Labute approximate surface area is 112 Å². The van der Waals surface area contributed by atoms with E-state index in [1.54, 1.807) is 0 Å². The van der Waals surface area contributed by atoms with Crippen LogP contribution >= 0.6 is 0 Å². The standard InChI is InChI=1S/C13H17NO4S/c1-2-11-4-3-9-14(11)19(17,18)12-7-5-10(6-8-12)13(15)16/h5-8,11H,2-4,9H2,1H3,(H,15,16). The molecule has 19 heavy (non-hydrogen) atoms. The topological polar surface area (TPSA) is 74.7 Å². The molecule has 104 valence electrons. The van der Waals surface area contributed by atoms with Gasteiger partial charge in [0.2, 0.25) is 10.0 Å². The van der Waals surface area contributed by atoms with E-state index in [-0.39, 0.29) is 16.5 Å². The van der Waals surface area contributed by atoms with Gasteiger partial charge in [-0.05, 0) is 43.5 Å². The Balaban J connectivity index is 2.31. The fourth-order valence-electron chi connectivity index (χ4n) is 2.44. The van der Waals surface area contributed by atoms with Crippen molar-refractivity contribution in [1.82, 2.24) is 4.31 Å². The van der Waals surface area contributed by atoms with Gasteiger partial charge in [-0.15, -0.1) is 0 Å². The first-order valence-electron chi connectivity index (χ1n) is 6.32. The van der Waals surface area contributed by atoms with Gasteiger partial charge in [-0.3, -0.25) is 0 Å². The minimum atomic E-state index is -3.50. The number of rotatable bonds is 4. The number of nitrogens with zero attached hydrogens (tertiary/aromatic N) is 1. The quantitative estimate of drug-likeness (QED) is 0.916. The van der Waals surface area contributed by atoms with Crippen LogP contribution in [0.5, 0.6) is 0 Å². The van der Waals surface area contributed by atoms with Crippen molar-refractivity contribution >= 4 is 16.0 Å². The SMILES string of the molecule is CCC1CCCN1S(=O)(=O)c1ccc(C(=O)O)cc1. The molecule has 0 saturated carbocycles. The Morgan fingerprint density at radius 2 is 2.00 bits per heavy atom. The maximum Gasteiger partial charge on any atom is 0.335 e. The molecule has 1 fully saturated rings. The first kappa shape index (κ1) is 14.0. The van der Waals surface area contributed by atoms with Crippen LogP contribution < -0.4 is 0 Å². The molecule has 0 aromatic heterocycles. The maximum atomic E-state index is 12.5. The van der Waals surface area contributed by atoms with Crippen LogP contribution in [0.2, 0.25) is 0 Å². The van der Waals surface area contributed by atoms with Crippen molar-refractivity contribution < 1.29 is 18.3 Å². The number of benzene rings is 1. The summed E-state index contributed by atoms with van der Waals surface area (Å²) in [6.07, 6.45) is 2.57. The van der Waals surface area contributed by atoms with Crippen molar-refractivity contribution in [3.05, 3.63) is 29.8 Å². The van der Waals surface area contributed by atoms with Crippen LogP contribution in [0, 0.1) is 0 Å². The molecule has 1 aromatic carbocycles. The molecule has 0 bridgehead atoms. The molecule has 5 nitrogen and oxygen atoms in total. The van der Waals surface area contributed by atoms with E-state index in [1.165, 1.54) is 28.6 Å². The van der Waals surface area contributed by atoms with Crippen molar-refractivity contribution in [2.24, 2.45) is 0 Å². The number of hydrogen-bond donors (Lipinski definition) is 1. The Bertz CT molecular complexity index is 565. The summed E-state index contributed by atoms with van der Waals surface area (Å²) in [5, 5.41) is 8.81. The van der Waals surface area contributed by atoms with Crippen LogP contribution in [0.4, 0.5) is 0 Å². The molecule has 1 aliphatic heterocycles. The van der Waals surface area contributed by atoms with E-state index >= 15 is 0 Å². The summed E-state index contributed by atoms with van der Waals surface area (Å²) in [5.41, 5.74) is 0.0902. The normalized spacial score (nSPS) is 20.6. The van der Waals surface area contributed by atoms with E-state index < -0.39 is 16.0 Å². The Morgan fingerprint density at radius 3 is 2.53 bits per heavy atom. The highest BCUT2D eigenvalue weighted by Crippen LogP contribution is 2.27. The van der Waals surface area contributed by atoms with E-state index in [1.807, 2.05) is 6.92 Å². The lowest BCUT2D eigenvalue weighted by Gasteiger charge is -2.23. The van der Waals surface area contributed by atoms with Crippen LogP contribution in [0.3, 0.4) is 0 Å². The van der Waals surface area contributed by atoms with Crippen LogP contribution in [-0.2, 0) is 10.0 Å². The van der Waals surface area contributed by atoms with Crippen LogP contribution in [-0.4, -0.2) is 36.4 Å². The maximum absolute atomic E-state index is 12.5. The summed E-state index contributed by atoms with van der Waals surface area (Å²) < 4.78 is 26.5. The third kappa shape index (κ3) is 2.64. The minimum absolute atomic E-state index is 0.0594.